The van der Waals surface area contributed by atoms with Crippen molar-refractivity contribution in [2.75, 3.05) is 6.61 Å². The van der Waals surface area contributed by atoms with Crippen molar-refractivity contribution in [1.82, 2.24) is 4.57 Å². The second kappa shape index (κ2) is 3.64. The van der Waals surface area contributed by atoms with Crippen molar-refractivity contribution >= 4 is 0 Å². The molecule has 16 heavy (non-hydrogen) atoms. The van der Waals surface area contributed by atoms with Gasteiger partial charge in [0.2, 0.25) is 0 Å². The average molecular weight is 216 g/mol. The van der Waals surface area contributed by atoms with Crippen LogP contribution in [0.2, 0.25) is 0 Å². The number of nitriles is 1. The molecule has 1 aromatic heterocycles. The largest absolute Gasteiger partial charge is 0.375 e. The van der Waals surface area contributed by atoms with Crippen molar-refractivity contribution in [2.45, 2.75) is 43.7 Å². The Balaban J connectivity index is 1.82. The van der Waals surface area contributed by atoms with Crippen LogP contribution < -0.4 is 0 Å². The SMILES string of the molecule is N#Cc1cccn1C1CCOC2(CCC2)C1. The van der Waals surface area contributed by atoms with Crippen molar-refractivity contribution in [2.24, 2.45) is 0 Å². The molecule has 1 atom stereocenters. The van der Waals surface area contributed by atoms with Gasteiger partial charge in [-0.15, -0.1) is 0 Å². The molecule has 1 unspecified atom stereocenters. The number of hydrogen-bond donors (Lipinski definition) is 0. The molecule has 0 N–H and O–H groups in total. The maximum absolute atomic E-state index is 9.04. The molecule has 1 aliphatic carbocycles. The first-order valence-corrected chi connectivity index (χ1v) is 6.04. The van der Waals surface area contributed by atoms with Crippen LogP contribution in [-0.2, 0) is 4.74 Å². The zero-order chi connectivity index (χ0) is 11.0. The van der Waals surface area contributed by atoms with Gasteiger partial charge in [-0.25, -0.2) is 0 Å². The zero-order valence-electron chi connectivity index (χ0n) is 9.35. The fourth-order valence-electron chi connectivity index (χ4n) is 2.97. The van der Waals surface area contributed by atoms with Crippen LogP contribution in [0.5, 0.6) is 0 Å². The second-order valence-electron chi connectivity index (χ2n) is 4.94. The van der Waals surface area contributed by atoms with Gasteiger partial charge in [0.15, 0.2) is 0 Å². The van der Waals surface area contributed by atoms with Crippen LogP contribution in [0.15, 0.2) is 18.3 Å². The Labute approximate surface area is 95.6 Å². The maximum Gasteiger partial charge on any atom is 0.120 e. The van der Waals surface area contributed by atoms with Gasteiger partial charge >= 0.3 is 0 Å². The summed E-state index contributed by atoms with van der Waals surface area (Å²) in [4.78, 5) is 0. The van der Waals surface area contributed by atoms with Gasteiger partial charge in [-0.05, 0) is 44.2 Å². The lowest BCUT2D eigenvalue weighted by Crippen LogP contribution is -2.45. The lowest BCUT2D eigenvalue weighted by atomic mass is 9.74. The van der Waals surface area contributed by atoms with Crippen LogP contribution in [-0.4, -0.2) is 16.8 Å². The highest BCUT2D eigenvalue weighted by atomic mass is 16.5. The Morgan fingerprint density at radius 3 is 3.06 bits per heavy atom. The van der Waals surface area contributed by atoms with Gasteiger partial charge in [0, 0.05) is 18.8 Å². The van der Waals surface area contributed by atoms with Gasteiger partial charge in [0.1, 0.15) is 11.8 Å². The Morgan fingerprint density at radius 2 is 2.38 bits per heavy atom. The average Bonchev–Trinajstić information content (AvgIpc) is 2.75. The Kier molecular flexibility index (Phi) is 2.26. The quantitative estimate of drug-likeness (QED) is 0.723. The van der Waals surface area contributed by atoms with Gasteiger partial charge in [-0.2, -0.15) is 5.26 Å². The van der Waals surface area contributed by atoms with Crippen LogP contribution in [0.4, 0.5) is 0 Å². The van der Waals surface area contributed by atoms with Crippen molar-refractivity contribution in [3.63, 3.8) is 0 Å². The molecule has 0 aromatic carbocycles. The standard InChI is InChI=1S/C13H16N2O/c14-10-12-3-1-7-15(12)11-4-8-16-13(9-11)5-2-6-13/h1,3,7,11H,2,4-6,8-9H2. The summed E-state index contributed by atoms with van der Waals surface area (Å²) in [5.74, 6) is 0. The van der Waals surface area contributed by atoms with E-state index in [4.69, 9.17) is 10.00 Å². The second-order valence-corrected chi connectivity index (χ2v) is 4.94. The van der Waals surface area contributed by atoms with Crippen molar-refractivity contribution in [1.29, 1.82) is 5.26 Å². The summed E-state index contributed by atoms with van der Waals surface area (Å²) < 4.78 is 8.03. The smallest absolute Gasteiger partial charge is 0.120 e. The molecular formula is C13H16N2O. The first kappa shape index (κ1) is 9.92. The van der Waals surface area contributed by atoms with E-state index in [1.807, 2.05) is 18.3 Å². The van der Waals surface area contributed by atoms with Crippen LogP contribution in [0.3, 0.4) is 0 Å². The van der Waals surface area contributed by atoms with E-state index < -0.39 is 0 Å². The predicted molar refractivity (Wildman–Crippen MR) is 60.0 cm³/mol. The summed E-state index contributed by atoms with van der Waals surface area (Å²) in [5, 5.41) is 9.04. The lowest BCUT2D eigenvalue weighted by Gasteiger charge is -2.47. The Hall–Kier alpha value is -1.27. The fourth-order valence-corrected chi connectivity index (χ4v) is 2.97. The molecule has 2 aliphatic rings. The molecule has 3 rings (SSSR count). The molecule has 1 saturated carbocycles. The molecule has 1 aliphatic heterocycles. The van der Waals surface area contributed by atoms with Gasteiger partial charge in [0.05, 0.1) is 5.60 Å². The van der Waals surface area contributed by atoms with Crippen LogP contribution in [0.25, 0.3) is 0 Å². The topological polar surface area (TPSA) is 38.0 Å². The third kappa shape index (κ3) is 1.45. The van der Waals surface area contributed by atoms with E-state index in [0.29, 0.717) is 6.04 Å². The minimum absolute atomic E-state index is 0.153. The van der Waals surface area contributed by atoms with E-state index in [2.05, 4.69) is 10.6 Å². The van der Waals surface area contributed by atoms with E-state index in [1.54, 1.807) is 0 Å². The molecule has 3 heteroatoms. The molecule has 2 fully saturated rings. The van der Waals surface area contributed by atoms with Crippen LogP contribution in [0, 0.1) is 11.3 Å². The minimum Gasteiger partial charge on any atom is -0.375 e. The molecule has 3 nitrogen and oxygen atoms in total. The van der Waals surface area contributed by atoms with Gasteiger partial charge in [-0.1, -0.05) is 0 Å². The first-order valence-electron chi connectivity index (χ1n) is 6.04. The molecular weight excluding hydrogens is 200 g/mol. The molecule has 0 bridgehead atoms. The highest BCUT2D eigenvalue weighted by molar-refractivity contribution is 5.23. The van der Waals surface area contributed by atoms with E-state index in [-0.39, 0.29) is 5.60 Å². The Bertz CT molecular complexity index is 425. The number of nitrogens with zero attached hydrogens (tertiary/aromatic N) is 2. The summed E-state index contributed by atoms with van der Waals surface area (Å²) in [7, 11) is 0. The molecule has 1 aromatic rings. The van der Waals surface area contributed by atoms with Gasteiger partial charge < -0.3 is 9.30 Å². The van der Waals surface area contributed by atoms with Gasteiger partial charge in [-0.3, -0.25) is 0 Å². The summed E-state index contributed by atoms with van der Waals surface area (Å²) in [5.41, 5.74) is 0.932. The van der Waals surface area contributed by atoms with Crippen molar-refractivity contribution in [3.8, 4) is 6.07 Å². The normalized spacial score (nSPS) is 27.3. The van der Waals surface area contributed by atoms with E-state index in [1.165, 1.54) is 19.3 Å². The summed E-state index contributed by atoms with van der Waals surface area (Å²) in [6.07, 6.45) is 7.84. The third-order valence-corrected chi connectivity index (χ3v) is 4.02. The van der Waals surface area contributed by atoms with Crippen LogP contribution >= 0.6 is 0 Å². The lowest BCUT2D eigenvalue weighted by molar-refractivity contribution is -0.140. The highest BCUT2D eigenvalue weighted by Crippen LogP contribution is 2.45. The van der Waals surface area contributed by atoms with Crippen molar-refractivity contribution in [3.05, 3.63) is 24.0 Å². The summed E-state index contributed by atoms with van der Waals surface area (Å²) in [6.45, 7) is 0.841. The maximum atomic E-state index is 9.04. The number of ether oxygens (including phenoxy) is 1. The monoisotopic (exact) mass is 216 g/mol. The van der Waals surface area contributed by atoms with Crippen LogP contribution in [0.1, 0.15) is 43.8 Å². The molecule has 84 valence electrons. The predicted octanol–water partition coefficient (Wildman–Crippen LogP) is 2.63. The highest BCUT2D eigenvalue weighted by Gasteiger charge is 2.43. The molecule has 0 radical (unpaired) electrons. The fraction of sp³-hybridized carbons (Fsp3) is 0.615. The van der Waals surface area contributed by atoms with Gasteiger partial charge in [0.25, 0.3) is 0 Å². The summed E-state index contributed by atoms with van der Waals surface area (Å²) in [6, 6.07) is 6.57. The minimum atomic E-state index is 0.153. The Morgan fingerprint density at radius 1 is 1.50 bits per heavy atom. The van der Waals surface area contributed by atoms with E-state index in [0.717, 1.165) is 25.1 Å². The molecule has 1 saturated heterocycles. The first-order chi connectivity index (χ1) is 7.83. The van der Waals surface area contributed by atoms with Crippen molar-refractivity contribution < 1.29 is 4.74 Å². The summed E-state index contributed by atoms with van der Waals surface area (Å²) >= 11 is 0. The molecule has 2 heterocycles. The third-order valence-electron chi connectivity index (χ3n) is 4.02. The molecule has 1 spiro atoms. The number of rotatable bonds is 1. The van der Waals surface area contributed by atoms with E-state index >= 15 is 0 Å². The van der Waals surface area contributed by atoms with E-state index in [9.17, 15) is 0 Å². The molecule has 0 amide bonds. The zero-order valence-corrected chi connectivity index (χ0v) is 9.35. The number of aromatic nitrogens is 1. The number of hydrogen-bond acceptors (Lipinski definition) is 2.